The van der Waals surface area contributed by atoms with Crippen molar-refractivity contribution in [2.24, 2.45) is 17.4 Å². The molecule has 0 bridgehead atoms. The molecule has 0 radical (unpaired) electrons. The first-order valence-electron chi connectivity index (χ1n) is 23.7. The molecule has 416 valence electrons. The molecule has 1 aromatic rings. The van der Waals surface area contributed by atoms with E-state index in [2.05, 4.69) is 65.8 Å². The number of amides is 12. The zero-order valence-corrected chi connectivity index (χ0v) is 42.7. The van der Waals surface area contributed by atoms with Crippen LogP contribution in [-0.2, 0) is 68.7 Å². The molecule has 29 nitrogen and oxygen atoms in total. The minimum atomic E-state index is -1.56. The van der Waals surface area contributed by atoms with Crippen molar-refractivity contribution >= 4 is 89.5 Å². The molecular formula is C45H69N13O16S. The molecule has 75 heavy (non-hydrogen) atoms. The van der Waals surface area contributed by atoms with Gasteiger partial charge in [-0.15, -0.1) is 0 Å². The Labute approximate surface area is 436 Å². The number of nitrogens with two attached hydrogens (primary N) is 2. The Hall–Kier alpha value is -7.44. The van der Waals surface area contributed by atoms with Gasteiger partial charge in [0.25, 0.3) is 0 Å². The van der Waals surface area contributed by atoms with Gasteiger partial charge in [-0.25, -0.2) is 4.79 Å². The van der Waals surface area contributed by atoms with Gasteiger partial charge in [-0.2, -0.15) is 12.6 Å². The quantitative estimate of drug-likeness (QED) is 0.0307. The molecule has 0 saturated carbocycles. The first kappa shape index (κ1) is 63.7. The highest BCUT2D eigenvalue weighted by Crippen LogP contribution is 2.20. The summed E-state index contributed by atoms with van der Waals surface area (Å²) in [4.78, 5) is 167. The predicted molar refractivity (Wildman–Crippen MR) is 266 cm³/mol. The fourth-order valence-corrected chi connectivity index (χ4v) is 7.29. The lowest BCUT2D eigenvalue weighted by atomic mass is 10.0. The second kappa shape index (κ2) is 32.0. The number of carboxylic acids is 1. The Balaban J connectivity index is 2.04. The zero-order chi connectivity index (χ0) is 56.5. The number of aliphatic hydroxyl groups is 2. The molecule has 1 fully saturated rings. The standard InChI is InChI=1S/C45H69N13O16S/c1-22(2)13-27(55-41(69)28(15-33(47)61)54-39(67)26(46)19-59)40(68)52-23(3)37(65)51-24(4)38(66)56-29(14-25-9-6-5-7-10-25)44(72)58-12-8-11-32(58)43(71)50-17-35(63)48-16-34(62)49-18-36(64)53-30(20-60)42(70)57-31(21-75)45(73)74/h5-7,9-10,22-24,26-32,59-60,75H,8,11-21,46H2,1-4H3,(H2,47,61)(H,48,63)(H,49,62)(H,50,71)(H,51,65)(H,52,68)(H,53,64)(H,54,67)(H,55,69)(H,56,66)(H,57,70)(H,73,74)/t23-,24-,26-,27-,28-,29-,30-,31-,32-/m0/s1. The number of aliphatic hydroxyl groups excluding tert-OH is 2. The molecule has 0 aromatic heterocycles. The number of rotatable bonds is 31. The molecule has 0 spiro atoms. The summed E-state index contributed by atoms with van der Waals surface area (Å²) in [7, 11) is 0. The molecule has 12 amide bonds. The van der Waals surface area contributed by atoms with Gasteiger partial charge < -0.3 is 84.9 Å². The van der Waals surface area contributed by atoms with Crippen molar-refractivity contribution in [3.05, 3.63) is 35.9 Å². The van der Waals surface area contributed by atoms with Crippen LogP contribution in [0.1, 0.15) is 58.9 Å². The number of carbonyl (C=O) groups is 13. The number of benzene rings is 1. The van der Waals surface area contributed by atoms with E-state index in [1.807, 2.05) is 0 Å². The van der Waals surface area contributed by atoms with Gasteiger partial charge in [0.1, 0.15) is 54.4 Å². The Kier molecular flexibility index (Phi) is 27.2. The van der Waals surface area contributed by atoms with Crippen molar-refractivity contribution in [3.8, 4) is 0 Å². The van der Waals surface area contributed by atoms with Gasteiger partial charge in [-0.1, -0.05) is 44.2 Å². The van der Waals surface area contributed by atoms with Crippen LogP contribution in [0.15, 0.2) is 30.3 Å². The Morgan fingerprint density at radius 3 is 1.68 bits per heavy atom. The summed E-state index contributed by atoms with van der Waals surface area (Å²) in [5, 5.41) is 51.1. The number of primary amides is 1. The summed E-state index contributed by atoms with van der Waals surface area (Å²) in [5.41, 5.74) is 11.4. The summed E-state index contributed by atoms with van der Waals surface area (Å²) in [6.45, 7) is 2.57. The zero-order valence-electron chi connectivity index (χ0n) is 41.8. The van der Waals surface area contributed by atoms with Crippen molar-refractivity contribution in [2.75, 3.05) is 45.1 Å². The van der Waals surface area contributed by atoms with E-state index >= 15 is 0 Å². The number of aliphatic carboxylic acids is 1. The van der Waals surface area contributed by atoms with Crippen molar-refractivity contribution < 1.29 is 77.6 Å². The number of nitrogens with zero attached hydrogens (tertiary/aromatic N) is 1. The van der Waals surface area contributed by atoms with Crippen LogP contribution in [0.25, 0.3) is 0 Å². The number of carbonyl (C=O) groups excluding carboxylic acids is 12. The Morgan fingerprint density at radius 1 is 0.627 bits per heavy atom. The largest absolute Gasteiger partial charge is 0.480 e. The highest BCUT2D eigenvalue weighted by atomic mass is 32.1. The molecular weight excluding hydrogens is 1010 g/mol. The summed E-state index contributed by atoms with van der Waals surface area (Å²) < 4.78 is 0. The van der Waals surface area contributed by atoms with E-state index in [4.69, 9.17) is 16.6 Å². The van der Waals surface area contributed by atoms with Crippen molar-refractivity contribution in [1.29, 1.82) is 0 Å². The van der Waals surface area contributed by atoms with Crippen LogP contribution in [0.4, 0.5) is 0 Å². The van der Waals surface area contributed by atoms with Crippen LogP contribution in [0, 0.1) is 5.92 Å². The molecule has 1 aliphatic heterocycles. The van der Waals surface area contributed by atoms with Crippen LogP contribution in [0.2, 0.25) is 0 Å². The van der Waals surface area contributed by atoms with Crippen LogP contribution in [0.3, 0.4) is 0 Å². The number of hydrogen-bond donors (Lipinski definition) is 16. The number of likely N-dealkylation sites (tertiary alicyclic amines) is 1. The number of thiol groups is 1. The second-order valence-electron chi connectivity index (χ2n) is 17.8. The third-order valence-corrected chi connectivity index (χ3v) is 11.5. The van der Waals surface area contributed by atoms with Gasteiger partial charge in [0.05, 0.1) is 39.3 Å². The lowest BCUT2D eigenvalue weighted by Crippen LogP contribution is -2.59. The van der Waals surface area contributed by atoms with E-state index < -0.39 is 171 Å². The minimum absolute atomic E-state index is 0.0364. The molecule has 17 N–H and O–H groups in total. The Morgan fingerprint density at radius 2 is 1.13 bits per heavy atom. The van der Waals surface area contributed by atoms with E-state index in [0.29, 0.717) is 12.0 Å². The first-order chi connectivity index (χ1) is 35.3. The van der Waals surface area contributed by atoms with Crippen LogP contribution in [-0.4, -0.2) is 197 Å². The first-order valence-corrected chi connectivity index (χ1v) is 24.3. The molecule has 0 aliphatic carbocycles. The molecule has 1 heterocycles. The Bertz CT molecular complexity index is 2220. The summed E-state index contributed by atoms with van der Waals surface area (Å²) >= 11 is 3.81. The number of carboxylic acid groups (broad SMARTS) is 1. The van der Waals surface area contributed by atoms with Gasteiger partial charge in [0.15, 0.2) is 0 Å². The fraction of sp³-hybridized carbons (Fsp3) is 0.578. The fourth-order valence-electron chi connectivity index (χ4n) is 7.05. The number of hydrogen-bond acceptors (Lipinski definition) is 17. The SMILES string of the molecule is CC(C)C[C@H](NC(=O)[C@H](CC(N)=O)NC(=O)[C@@H](N)CO)C(=O)N[C@@H](C)C(=O)N[C@@H](C)C(=O)N[C@@H](Cc1ccccc1)C(=O)N1CCC[C@H]1C(=O)NCC(=O)NCC(=O)NCC(=O)N[C@@H](CO)C(=O)N[C@@H](CS)C(=O)O. The lowest BCUT2D eigenvalue weighted by molar-refractivity contribution is -0.142. The van der Waals surface area contributed by atoms with E-state index in [0.717, 1.165) is 0 Å². The molecule has 1 aliphatic rings. The van der Waals surface area contributed by atoms with Gasteiger partial charge in [0.2, 0.25) is 70.9 Å². The summed E-state index contributed by atoms with van der Waals surface area (Å²) in [5.74, 6) is -12.3. The maximum Gasteiger partial charge on any atom is 0.327 e. The molecule has 9 atom stereocenters. The highest BCUT2D eigenvalue weighted by Gasteiger charge is 2.39. The van der Waals surface area contributed by atoms with Gasteiger partial charge in [-0.05, 0) is 44.6 Å². The van der Waals surface area contributed by atoms with E-state index in [9.17, 15) is 72.5 Å². The second-order valence-corrected chi connectivity index (χ2v) is 18.1. The highest BCUT2D eigenvalue weighted by molar-refractivity contribution is 7.80. The third-order valence-electron chi connectivity index (χ3n) is 11.1. The van der Waals surface area contributed by atoms with Crippen LogP contribution < -0.4 is 64.6 Å². The molecule has 1 aromatic carbocycles. The minimum Gasteiger partial charge on any atom is -0.480 e. The van der Waals surface area contributed by atoms with Gasteiger partial charge in [0, 0.05) is 18.7 Å². The van der Waals surface area contributed by atoms with Crippen molar-refractivity contribution in [3.63, 3.8) is 0 Å². The average Bonchev–Trinajstić information content (AvgIpc) is 3.86. The monoisotopic (exact) mass is 1080 g/mol. The van der Waals surface area contributed by atoms with Crippen LogP contribution >= 0.6 is 12.6 Å². The van der Waals surface area contributed by atoms with E-state index in [1.54, 1.807) is 44.2 Å². The van der Waals surface area contributed by atoms with Gasteiger partial charge >= 0.3 is 5.97 Å². The van der Waals surface area contributed by atoms with Crippen molar-refractivity contribution in [1.82, 2.24) is 58.1 Å². The van der Waals surface area contributed by atoms with Crippen LogP contribution in [0.5, 0.6) is 0 Å². The third kappa shape index (κ3) is 22.3. The molecule has 1 saturated heterocycles. The molecule has 30 heteroatoms. The van der Waals surface area contributed by atoms with Crippen molar-refractivity contribution in [2.45, 2.75) is 114 Å². The normalized spacial score (nSPS) is 16.1. The number of nitrogens with one attached hydrogen (secondary N) is 10. The predicted octanol–water partition coefficient (Wildman–Crippen LogP) is -7.75. The topological polar surface area (TPSA) is 458 Å². The average molecular weight is 1080 g/mol. The summed E-state index contributed by atoms with van der Waals surface area (Å²) in [6, 6.07) is -3.61. The van der Waals surface area contributed by atoms with E-state index in [1.165, 1.54) is 18.7 Å². The summed E-state index contributed by atoms with van der Waals surface area (Å²) in [6.07, 6.45) is -0.116. The maximum absolute atomic E-state index is 14.2. The smallest absolute Gasteiger partial charge is 0.327 e. The molecule has 2 rings (SSSR count). The maximum atomic E-state index is 14.2. The molecule has 0 unspecified atom stereocenters. The van der Waals surface area contributed by atoms with E-state index in [-0.39, 0.29) is 37.5 Å². The lowest BCUT2D eigenvalue weighted by Gasteiger charge is -2.29. The van der Waals surface area contributed by atoms with Gasteiger partial charge in [-0.3, -0.25) is 57.5 Å².